The van der Waals surface area contributed by atoms with Crippen LogP contribution in [0.1, 0.15) is 79.9 Å². The third-order valence-corrected chi connectivity index (χ3v) is 6.97. The summed E-state index contributed by atoms with van der Waals surface area (Å²) in [4.78, 5) is 32.3. The maximum atomic E-state index is 13.3. The molecule has 2 aliphatic rings. The Labute approximate surface area is 189 Å². The maximum Gasteiger partial charge on any atom is 0.253 e. The molecule has 1 saturated carbocycles. The van der Waals surface area contributed by atoms with E-state index < -0.39 is 5.41 Å². The first-order valence-electron chi connectivity index (χ1n) is 11.7. The van der Waals surface area contributed by atoms with E-state index in [2.05, 4.69) is 10.3 Å². The highest BCUT2D eigenvalue weighted by atomic mass is 19.1. The van der Waals surface area contributed by atoms with Crippen LogP contribution in [0.15, 0.2) is 42.6 Å². The molecule has 0 bridgehead atoms. The molecule has 1 aromatic carbocycles. The molecule has 32 heavy (non-hydrogen) atoms. The summed E-state index contributed by atoms with van der Waals surface area (Å²) in [7, 11) is 0. The van der Waals surface area contributed by atoms with Gasteiger partial charge in [-0.2, -0.15) is 0 Å². The normalized spacial score (nSPS) is 19.7. The molecule has 0 unspecified atom stereocenters. The fourth-order valence-corrected chi connectivity index (χ4v) is 4.91. The van der Waals surface area contributed by atoms with E-state index in [0.717, 1.165) is 36.9 Å². The Hall–Kier alpha value is -2.76. The number of carbonyl (C=O) groups excluding carboxylic acids is 2. The van der Waals surface area contributed by atoms with Crippen molar-refractivity contribution in [2.75, 3.05) is 13.1 Å². The summed E-state index contributed by atoms with van der Waals surface area (Å²) in [5.74, 6) is -0.177. The fraction of sp³-hybridized carbons (Fsp3) is 0.500. The lowest BCUT2D eigenvalue weighted by Crippen LogP contribution is -2.47. The molecular weight excluding hydrogens is 405 g/mol. The van der Waals surface area contributed by atoms with Crippen LogP contribution in [0.2, 0.25) is 0 Å². The summed E-state index contributed by atoms with van der Waals surface area (Å²) in [5, 5.41) is 3.10. The van der Waals surface area contributed by atoms with Gasteiger partial charge in [0.1, 0.15) is 5.82 Å². The third kappa shape index (κ3) is 4.84. The number of pyridine rings is 1. The van der Waals surface area contributed by atoms with Gasteiger partial charge < -0.3 is 10.2 Å². The van der Waals surface area contributed by atoms with Crippen LogP contribution < -0.4 is 5.32 Å². The molecule has 1 aliphatic heterocycles. The van der Waals surface area contributed by atoms with Crippen molar-refractivity contribution in [1.82, 2.24) is 15.2 Å². The number of hydrogen-bond acceptors (Lipinski definition) is 3. The van der Waals surface area contributed by atoms with Crippen molar-refractivity contribution in [2.45, 2.75) is 69.7 Å². The van der Waals surface area contributed by atoms with Gasteiger partial charge in [0.15, 0.2) is 0 Å². The van der Waals surface area contributed by atoms with Crippen molar-refractivity contribution in [2.24, 2.45) is 0 Å². The molecule has 2 fully saturated rings. The van der Waals surface area contributed by atoms with Crippen LogP contribution in [-0.4, -0.2) is 40.8 Å². The summed E-state index contributed by atoms with van der Waals surface area (Å²) >= 11 is 0. The molecule has 0 radical (unpaired) electrons. The third-order valence-electron chi connectivity index (χ3n) is 6.97. The van der Waals surface area contributed by atoms with Gasteiger partial charge in [-0.25, -0.2) is 4.39 Å². The standard InChI is InChI=1S/C26H32FN3O2/c1-26(2,20-10-12-21(27)13-11-20)25(32)30-15-5-6-19(17-30)23-14-9-18(16-28-23)24(31)29-22-7-3-4-8-22/h9-14,16,19,22H,3-8,15,17H2,1-2H3,(H,29,31)/t19-/m0/s1. The van der Waals surface area contributed by atoms with Crippen molar-refractivity contribution in [3.8, 4) is 0 Å². The number of benzene rings is 1. The summed E-state index contributed by atoms with van der Waals surface area (Å²) in [6, 6.07) is 10.2. The topological polar surface area (TPSA) is 62.3 Å². The van der Waals surface area contributed by atoms with Crippen molar-refractivity contribution in [3.05, 3.63) is 65.2 Å². The molecule has 5 nitrogen and oxygen atoms in total. The summed E-state index contributed by atoms with van der Waals surface area (Å²) in [6.45, 7) is 5.09. The van der Waals surface area contributed by atoms with Gasteiger partial charge in [-0.1, -0.05) is 25.0 Å². The van der Waals surface area contributed by atoms with Crippen LogP contribution in [0.3, 0.4) is 0 Å². The van der Waals surface area contributed by atoms with Crippen molar-refractivity contribution in [3.63, 3.8) is 0 Å². The number of amides is 2. The zero-order chi connectivity index (χ0) is 22.7. The SMILES string of the molecule is CC(C)(C(=O)N1CCC[C@H](c2ccc(C(=O)NC3CCCC3)cn2)C1)c1ccc(F)cc1. The number of nitrogens with one attached hydrogen (secondary N) is 1. The first kappa shape index (κ1) is 22.4. The minimum atomic E-state index is -0.731. The van der Waals surface area contributed by atoms with Crippen molar-refractivity contribution >= 4 is 11.8 Å². The van der Waals surface area contributed by atoms with Gasteiger partial charge in [-0.05, 0) is 69.4 Å². The monoisotopic (exact) mass is 437 g/mol. The second kappa shape index (κ2) is 9.39. The van der Waals surface area contributed by atoms with E-state index in [-0.39, 0.29) is 29.6 Å². The molecule has 6 heteroatoms. The first-order valence-corrected chi connectivity index (χ1v) is 11.7. The molecule has 4 rings (SSSR count). The molecule has 2 amide bonds. The van der Waals surface area contributed by atoms with Crippen LogP contribution in [0.5, 0.6) is 0 Å². The average Bonchev–Trinajstić information content (AvgIpc) is 3.32. The first-order chi connectivity index (χ1) is 15.3. The van der Waals surface area contributed by atoms with Gasteiger partial charge >= 0.3 is 0 Å². The predicted molar refractivity (Wildman–Crippen MR) is 122 cm³/mol. The Kier molecular flexibility index (Phi) is 6.58. The minimum absolute atomic E-state index is 0.0429. The summed E-state index contributed by atoms with van der Waals surface area (Å²) in [6.07, 6.45) is 7.98. The van der Waals surface area contributed by atoms with Gasteiger partial charge in [-0.3, -0.25) is 14.6 Å². The largest absolute Gasteiger partial charge is 0.349 e. The summed E-state index contributed by atoms with van der Waals surface area (Å²) < 4.78 is 13.3. The number of nitrogens with zero attached hydrogens (tertiary/aromatic N) is 2. The zero-order valence-corrected chi connectivity index (χ0v) is 18.9. The smallest absolute Gasteiger partial charge is 0.253 e. The van der Waals surface area contributed by atoms with Gasteiger partial charge in [-0.15, -0.1) is 0 Å². The number of piperidine rings is 1. The molecule has 1 aromatic heterocycles. The van der Waals surface area contributed by atoms with Crippen molar-refractivity contribution in [1.29, 1.82) is 0 Å². The fourth-order valence-electron chi connectivity index (χ4n) is 4.91. The van der Waals surface area contributed by atoms with E-state index >= 15 is 0 Å². The lowest BCUT2D eigenvalue weighted by molar-refractivity contribution is -0.137. The van der Waals surface area contributed by atoms with Crippen LogP contribution in [-0.2, 0) is 10.2 Å². The van der Waals surface area contributed by atoms with Crippen molar-refractivity contribution < 1.29 is 14.0 Å². The highest BCUT2D eigenvalue weighted by Gasteiger charge is 2.36. The number of likely N-dealkylation sites (tertiary alicyclic amines) is 1. The molecular formula is C26H32FN3O2. The van der Waals surface area contributed by atoms with E-state index in [1.165, 1.54) is 25.0 Å². The maximum absolute atomic E-state index is 13.3. The Balaban J connectivity index is 1.41. The molecule has 1 aliphatic carbocycles. The quantitative estimate of drug-likeness (QED) is 0.745. The molecule has 170 valence electrons. The molecule has 2 heterocycles. The molecule has 0 spiro atoms. The number of halogens is 1. The predicted octanol–water partition coefficient (Wildman–Crippen LogP) is 4.58. The number of hydrogen-bond donors (Lipinski definition) is 1. The molecule has 2 aromatic rings. The average molecular weight is 438 g/mol. The number of rotatable bonds is 5. The Bertz CT molecular complexity index is 950. The highest BCUT2D eigenvalue weighted by molar-refractivity contribution is 5.94. The Morgan fingerprint density at radius 2 is 1.75 bits per heavy atom. The second-order valence-corrected chi connectivity index (χ2v) is 9.65. The van der Waals surface area contributed by atoms with Gasteiger partial charge in [0, 0.05) is 36.9 Å². The Morgan fingerprint density at radius 3 is 2.41 bits per heavy atom. The van der Waals surface area contributed by atoms with Crippen LogP contribution in [0.25, 0.3) is 0 Å². The van der Waals surface area contributed by atoms with E-state index in [4.69, 9.17) is 0 Å². The summed E-state index contributed by atoms with van der Waals surface area (Å²) in [5.41, 5.74) is 1.58. The van der Waals surface area contributed by atoms with Crippen LogP contribution in [0, 0.1) is 5.82 Å². The highest BCUT2D eigenvalue weighted by Crippen LogP contribution is 2.31. The van der Waals surface area contributed by atoms with Gasteiger partial charge in [0.05, 0.1) is 11.0 Å². The number of carbonyl (C=O) groups is 2. The van der Waals surface area contributed by atoms with Crippen LogP contribution >= 0.6 is 0 Å². The van der Waals surface area contributed by atoms with E-state index in [0.29, 0.717) is 18.7 Å². The van der Waals surface area contributed by atoms with Gasteiger partial charge in [0.2, 0.25) is 5.91 Å². The van der Waals surface area contributed by atoms with E-state index in [1.807, 2.05) is 30.9 Å². The molecule has 1 N–H and O–H groups in total. The Morgan fingerprint density at radius 1 is 1.03 bits per heavy atom. The van der Waals surface area contributed by atoms with E-state index in [1.54, 1.807) is 18.3 Å². The lowest BCUT2D eigenvalue weighted by atomic mass is 9.82. The zero-order valence-electron chi connectivity index (χ0n) is 18.9. The molecule has 1 atom stereocenters. The van der Waals surface area contributed by atoms with Gasteiger partial charge in [0.25, 0.3) is 5.91 Å². The lowest BCUT2D eigenvalue weighted by Gasteiger charge is -2.37. The molecule has 1 saturated heterocycles. The van der Waals surface area contributed by atoms with E-state index in [9.17, 15) is 14.0 Å². The number of aromatic nitrogens is 1. The minimum Gasteiger partial charge on any atom is -0.349 e. The second-order valence-electron chi connectivity index (χ2n) is 9.65. The van der Waals surface area contributed by atoms with Crippen LogP contribution in [0.4, 0.5) is 4.39 Å².